The van der Waals surface area contributed by atoms with Crippen LogP contribution in [0.1, 0.15) is 76.0 Å². The molecule has 3 aliphatic heterocycles. The lowest BCUT2D eigenvalue weighted by molar-refractivity contribution is 0.0220. The van der Waals surface area contributed by atoms with Crippen molar-refractivity contribution in [2.45, 2.75) is 77.3 Å². The third kappa shape index (κ3) is 5.10. The molecular weight excluding hydrogens is 424 g/mol. The van der Waals surface area contributed by atoms with E-state index in [1.807, 2.05) is 0 Å². The fraction of sp³-hybridized carbons (Fsp3) is 0.760. The molecule has 3 atom stereocenters. The van der Waals surface area contributed by atoms with Gasteiger partial charge in [0.05, 0.1) is 19.5 Å². The van der Waals surface area contributed by atoms with E-state index in [0.29, 0.717) is 25.7 Å². The summed E-state index contributed by atoms with van der Waals surface area (Å²) in [7, 11) is -3.18. The molecule has 6 nitrogen and oxygen atoms in total. The molecule has 0 aromatic heterocycles. The van der Waals surface area contributed by atoms with Crippen LogP contribution in [0.25, 0.3) is 0 Å². The van der Waals surface area contributed by atoms with E-state index in [4.69, 9.17) is 9.47 Å². The van der Waals surface area contributed by atoms with Crippen molar-refractivity contribution in [1.82, 2.24) is 9.21 Å². The van der Waals surface area contributed by atoms with Crippen molar-refractivity contribution in [3.63, 3.8) is 0 Å². The third-order valence-corrected chi connectivity index (χ3v) is 8.72. The summed E-state index contributed by atoms with van der Waals surface area (Å²) in [5, 5.41) is 0. The largest absolute Gasteiger partial charge is 0.490 e. The Morgan fingerprint density at radius 3 is 2.38 bits per heavy atom. The monoisotopic (exact) mass is 464 g/mol. The van der Waals surface area contributed by atoms with Crippen molar-refractivity contribution in [2.75, 3.05) is 39.1 Å². The Balaban J connectivity index is 1.62. The van der Waals surface area contributed by atoms with Crippen LogP contribution >= 0.6 is 0 Å². The van der Waals surface area contributed by atoms with Crippen molar-refractivity contribution in [2.24, 2.45) is 5.92 Å². The van der Waals surface area contributed by atoms with Gasteiger partial charge in [-0.3, -0.25) is 4.90 Å². The van der Waals surface area contributed by atoms with E-state index >= 15 is 0 Å². The van der Waals surface area contributed by atoms with Gasteiger partial charge in [0.2, 0.25) is 10.0 Å². The minimum absolute atomic E-state index is 0.107. The zero-order chi connectivity index (χ0) is 22.7. The zero-order valence-electron chi connectivity index (χ0n) is 20.0. The summed E-state index contributed by atoms with van der Waals surface area (Å²) < 4.78 is 39.1. The lowest BCUT2D eigenvalue weighted by Crippen LogP contribution is -2.57. The molecule has 0 unspecified atom stereocenters. The molecule has 180 valence electrons. The highest BCUT2D eigenvalue weighted by atomic mass is 32.2. The summed E-state index contributed by atoms with van der Waals surface area (Å²) in [4.78, 5) is 2.59. The van der Waals surface area contributed by atoms with Crippen molar-refractivity contribution >= 4 is 10.0 Å². The Morgan fingerprint density at radius 2 is 1.72 bits per heavy atom. The Hall–Kier alpha value is -1.31. The van der Waals surface area contributed by atoms with Gasteiger partial charge in [0.15, 0.2) is 11.5 Å². The summed E-state index contributed by atoms with van der Waals surface area (Å²) >= 11 is 0. The van der Waals surface area contributed by atoms with E-state index in [0.717, 1.165) is 76.0 Å². The summed E-state index contributed by atoms with van der Waals surface area (Å²) in [5.41, 5.74) is 2.64. The van der Waals surface area contributed by atoms with Gasteiger partial charge in [-0.2, -0.15) is 4.31 Å². The van der Waals surface area contributed by atoms with Gasteiger partial charge in [0.1, 0.15) is 0 Å². The van der Waals surface area contributed by atoms with Gasteiger partial charge in [0.25, 0.3) is 0 Å². The molecule has 1 aromatic carbocycles. The van der Waals surface area contributed by atoms with Crippen LogP contribution < -0.4 is 9.47 Å². The second-order valence-electron chi connectivity index (χ2n) is 9.74. The summed E-state index contributed by atoms with van der Waals surface area (Å²) in [6, 6.07) is 4.76. The maximum atomic E-state index is 12.5. The molecular formula is C25H40N2O4S. The van der Waals surface area contributed by atoms with Gasteiger partial charge in [-0.1, -0.05) is 26.7 Å². The minimum atomic E-state index is -3.18. The van der Waals surface area contributed by atoms with Gasteiger partial charge in [-0.05, 0) is 67.7 Å². The second kappa shape index (κ2) is 10.3. The van der Waals surface area contributed by atoms with Crippen molar-refractivity contribution in [3.8, 4) is 11.5 Å². The highest BCUT2D eigenvalue weighted by molar-refractivity contribution is 7.88. The summed E-state index contributed by atoms with van der Waals surface area (Å²) in [6.07, 6.45) is 9.61. The first kappa shape index (κ1) is 23.8. The molecule has 0 spiro atoms. The number of rotatable bonds is 9. The van der Waals surface area contributed by atoms with Crippen LogP contribution in [0.3, 0.4) is 0 Å². The molecule has 2 saturated heterocycles. The number of fused-ring (bicyclic) bond motifs is 4. The van der Waals surface area contributed by atoms with Gasteiger partial charge >= 0.3 is 0 Å². The number of benzene rings is 1. The average molecular weight is 465 g/mol. The van der Waals surface area contributed by atoms with Crippen LogP contribution in [-0.2, 0) is 16.4 Å². The standard InChI is InChI=1S/C25H40N2O4S/c1-4-6-13-30-24-15-19-10-12-26-18-20-9-8-11-27(32(3,28)29)22(20)17-23(26)21(19)16-25(24)31-14-7-5-2/h15-16,20,22-23H,4-14,17-18H2,1-3H3/t20-,22+,23+/m1/s1. The van der Waals surface area contributed by atoms with Crippen LogP contribution in [0.2, 0.25) is 0 Å². The molecule has 0 aliphatic carbocycles. The smallest absolute Gasteiger partial charge is 0.211 e. The number of hydrogen-bond acceptors (Lipinski definition) is 5. The first-order chi connectivity index (χ1) is 15.4. The molecule has 1 aromatic rings. The molecule has 32 heavy (non-hydrogen) atoms. The molecule has 3 aliphatic rings. The van der Waals surface area contributed by atoms with E-state index in [9.17, 15) is 8.42 Å². The van der Waals surface area contributed by atoms with Crippen LogP contribution in [0.5, 0.6) is 11.5 Å². The number of ether oxygens (including phenoxy) is 2. The minimum Gasteiger partial charge on any atom is -0.490 e. The fourth-order valence-electron chi connectivity index (χ4n) is 5.70. The normalized spacial score (nSPS) is 26.2. The Bertz CT molecular complexity index is 888. The number of unbranched alkanes of at least 4 members (excludes halogenated alkanes) is 2. The van der Waals surface area contributed by atoms with Crippen molar-refractivity contribution < 1.29 is 17.9 Å². The topological polar surface area (TPSA) is 59.1 Å². The fourth-order valence-corrected chi connectivity index (χ4v) is 6.91. The van der Waals surface area contributed by atoms with Gasteiger partial charge < -0.3 is 9.47 Å². The molecule has 0 N–H and O–H groups in total. The molecule has 4 rings (SSSR count). The molecule has 3 heterocycles. The SMILES string of the molecule is CCCCOc1cc2c(cc1OCCCC)[C@@H]1C[C@H]3[C@H](CCCN3S(C)(=O)=O)CN1CC2. The van der Waals surface area contributed by atoms with Gasteiger partial charge in [0, 0.05) is 31.7 Å². The first-order valence-corrected chi connectivity index (χ1v) is 14.4. The van der Waals surface area contributed by atoms with E-state index in [1.165, 1.54) is 17.4 Å². The first-order valence-electron chi connectivity index (χ1n) is 12.6. The highest BCUT2D eigenvalue weighted by Gasteiger charge is 2.45. The van der Waals surface area contributed by atoms with E-state index < -0.39 is 10.0 Å². The molecule has 2 fully saturated rings. The Morgan fingerprint density at radius 1 is 1.03 bits per heavy atom. The number of nitrogens with zero attached hydrogens (tertiary/aromatic N) is 2. The van der Waals surface area contributed by atoms with Gasteiger partial charge in [-0.15, -0.1) is 0 Å². The van der Waals surface area contributed by atoms with E-state index in [1.54, 1.807) is 4.31 Å². The summed E-state index contributed by atoms with van der Waals surface area (Å²) in [5.74, 6) is 2.15. The van der Waals surface area contributed by atoms with E-state index in [-0.39, 0.29) is 12.1 Å². The Kier molecular flexibility index (Phi) is 7.68. The van der Waals surface area contributed by atoms with E-state index in [2.05, 4.69) is 30.9 Å². The predicted molar refractivity (Wildman–Crippen MR) is 128 cm³/mol. The maximum Gasteiger partial charge on any atom is 0.211 e. The lowest BCUT2D eigenvalue weighted by atomic mass is 9.77. The van der Waals surface area contributed by atoms with Gasteiger partial charge in [-0.25, -0.2) is 8.42 Å². The highest BCUT2D eigenvalue weighted by Crippen LogP contribution is 2.46. The van der Waals surface area contributed by atoms with Crippen LogP contribution in [0.15, 0.2) is 12.1 Å². The van der Waals surface area contributed by atoms with Crippen molar-refractivity contribution in [1.29, 1.82) is 0 Å². The molecule has 0 saturated carbocycles. The zero-order valence-corrected chi connectivity index (χ0v) is 20.8. The number of hydrogen-bond donors (Lipinski definition) is 0. The molecule has 0 radical (unpaired) electrons. The van der Waals surface area contributed by atoms with Crippen LogP contribution in [0.4, 0.5) is 0 Å². The Labute approximate surface area is 194 Å². The predicted octanol–water partition coefficient (Wildman–Crippen LogP) is 4.39. The van der Waals surface area contributed by atoms with Crippen LogP contribution in [0, 0.1) is 5.92 Å². The molecule has 7 heteroatoms. The molecule has 0 amide bonds. The second-order valence-corrected chi connectivity index (χ2v) is 11.7. The maximum absolute atomic E-state index is 12.5. The van der Waals surface area contributed by atoms with Crippen LogP contribution in [-0.4, -0.2) is 62.8 Å². The summed E-state index contributed by atoms with van der Waals surface area (Å²) in [6.45, 7) is 8.43. The molecule has 0 bridgehead atoms. The van der Waals surface area contributed by atoms with Crippen molar-refractivity contribution in [3.05, 3.63) is 23.3 Å². The lowest BCUT2D eigenvalue weighted by Gasteiger charge is -2.51. The quantitative estimate of drug-likeness (QED) is 0.508. The average Bonchev–Trinajstić information content (AvgIpc) is 2.77. The third-order valence-electron chi connectivity index (χ3n) is 7.41. The number of piperidine rings is 2. The number of sulfonamides is 1.